The number of nitrogens with two attached hydrogens (primary N) is 1. The topological polar surface area (TPSA) is 89.6 Å². The Kier molecular flexibility index (Phi) is 4.58. The molecule has 0 unspecified atom stereocenters. The molecule has 5 nitrogen and oxygen atoms in total. The minimum absolute atomic E-state index is 0.144. The van der Waals surface area contributed by atoms with Crippen LogP contribution < -0.4 is 5.73 Å². The minimum Gasteiger partial charge on any atom is -0.478 e. The van der Waals surface area contributed by atoms with E-state index in [1.54, 1.807) is 48.5 Å². The summed E-state index contributed by atoms with van der Waals surface area (Å²) in [7, 11) is 1.31. The molecule has 2 aromatic carbocycles. The van der Waals surface area contributed by atoms with Crippen molar-refractivity contribution in [3.05, 3.63) is 65.2 Å². The van der Waals surface area contributed by atoms with Gasteiger partial charge in [-0.2, -0.15) is 0 Å². The molecule has 2 rings (SSSR count). The number of nitrogen functional groups attached to an aromatic ring is 1. The molecule has 0 aliphatic carbocycles. The number of ether oxygens (including phenoxy) is 1. The smallest absolute Gasteiger partial charge is 0.337 e. The first-order valence-electron chi connectivity index (χ1n) is 6.50. The zero-order chi connectivity index (χ0) is 16.1. The van der Waals surface area contributed by atoms with Gasteiger partial charge in [0.1, 0.15) is 0 Å². The molecule has 0 spiro atoms. The summed E-state index contributed by atoms with van der Waals surface area (Å²) in [4.78, 5) is 22.8. The number of carboxylic acid groups (broad SMARTS) is 1. The molecule has 0 saturated heterocycles. The Bertz CT molecular complexity index is 715. The lowest BCUT2D eigenvalue weighted by Crippen LogP contribution is -2.01. The molecule has 0 atom stereocenters. The molecule has 2 aromatic rings. The van der Waals surface area contributed by atoms with E-state index in [2.05, 4.69) is 4.74 Å². The zero-order valence-electron chi connectivity index (χ0n) is 11.9. The van der Waals surface area contributed by atoms with Gasteiger partial charge in [0, 0.05) is 5.69 Å². The van der Waals surface area contributed by atoms with Gasteiger partial charge in [-0.05, 0) is 41.5 Å². The Morgan fingerprint density at radius 2 is 1.55 bits per heavy atom. The van der Waals surface area contributed by atoms with Crippen molar-refractivity contribution < 1.29 is 19.4 Å². The second-order valence-corrected chi connectivity index (χ2v) is 4.60. The SMILES string of the molecule is COC(=O)c1ccc(/C=C(\C(=O)O)c2ccc(N)cc2)cc1. The molecule has 0 amide bonds. The number of methoxy groups -OCH3 is 1. The fourth-order valence-electron chi connectivity index (χ4n) is 1.93. The van der Waals surface area contributed by atoms with Crippen molar-refractivity contribution in [1.82, 2.24) is 0 Å². The average Bonchev–Trinajstić information content (AvgIpc) is 2.53. The van der Waals surface area contributed by atoms with E-state index in [1.807, 2.05) is 0 Å². The number of carbonyl (C=O) groups excluding carboxylic acids is 1. The molecule has 0 heterocycles. The van der Waals surface area contributed by atoms with Crippen LogP contribution >= 0.6 is 0 Å². The van der Waals surface area contributed by atoms with Crippen molar-refractivity contribution in [2.24, 2.45) is 0 Å². The molecule has 0 aliphatic heterocycles. The Morgan fingerprint density at radius 1 is 1.00 bits per heavy atom. The summed E-state index contributed by atoms with van der Waals surface area (Å²) in [5, 5.41) is 9.36. The summed E-state index contributed by atoms with van der Waals surface area (Å²) in [6.45, 7) is 0. The van der Waals surface area contributed by atoms with Crippen molar-refractivity contribution in [3.8, 4) is 0 Å². The Morgan fingerprint density at radius 3 is 2.05 bits per heavy atom. The minimum atomic E-state index is -1.04. The van der Waals surface area contributed by atoms with Gasteiger partial charge in [0.05, 0.1) is 18.2 Å². The van der Waals surface area contributed by atoms with E-state index in [9.17, 15) is 14.7 Å². The molecule has 5 heteroatoms. The van der Waals surface area contributed by atoms with E-state index in [0.29, 0.717) is 22.4 Å². The van der Waals surface area contributed by atoms with Gasteiger partial charge in [0.25, 0.3) is 0 Å². The Hall–Kier alpha value is -3.08. The third kappa shape index (κ3) is 3.52. The van der Waals surface area contributed by atoms with Gasteiger partial charge in [-0.1, -0.05) is 24.3 Å². The summed E-state index contributed by atoms with van der Waals surface area (Å²) in [5.74, 6) is -1.48. The lowest BCUT2D eigenvalue weighted by atomic mass is 10.0. The summed E-state index contributed by atoms with van der Waals surface area (Å²) in [5.41, 5.74) is 7.94. The standard InChI is InChI=1S/C17H15NO4/c1-22-17(21)13-4-2-11(3-5-13)10-15(16(19)20)12-6-8-14(18)9-7-12/h2-10H,18H2,1H3,(H,19,20)/b15-10-. The third-order valence-electron chi connectivity index (χ3n) is 3.09. The fourth-order valence-corrected chi connectivity index (χ4v) is 1.93. The normalized spacial score (nSPS) is 11.0. The van der Waals surface area contributed by atoms with Crippen LogP contribution in [0, 0.1) is 0 Å². The Labute approximate surface area is 127 Å². The molecular formula is C17H15NO4. The number of carbonyl (C=O) groups is 2. The van der Waals surface area contributed by atoms with Crippen molar-refractivity contribution in [1.29, 1.82) is 0 Å². The van der Waals surface area contributed by atoms with Crippen LogP contribution in [0.2, 0.25) is 0 Å². The van der Waals surface area contributed by atoms with Crippen LogP contribution in [0.5, 0.6) is 0 Å². The van der Waals surface area contributed by atoms with E-state index in [-0.39, 0.29) is 5.57 Å². The highest BCUT2D eigenvalue weighted by Gasteiger charge is 2.11. The van der Waals surface area contributed by atoms with Crippen molar-refractivity contribution in [2.75, 3.05) is 12.8 Å². The summed E-state index contributed by atoms with van der Waals surface area (Å²) in [6.07, 6.45) is 1.54. The highest BCUT2D eigenvalue weighted by Crippen LogP contribution is 2.20. The number of esters is 1. The van der Waals surface area contributed by atoms with Crippen molar-refractivity contribution in [3.63, 3.8) is 0 Å². The van der Waals surface area contributed by atoms with Gasteiger partial charge in [-0.15, -0.1) is 0 Å². The van der Waals surface area contributed by atoms with E-state index in [0.717, 1.165) is 0 Å². The second kappa shape index (κ2) is 6.58. The summed E-state index contributed by atoms with van der Waals surface area (Å²) >= 11 is 0. The van der Waals surface area contributed by atoms with Crippen LogP contribution in [0.25, 0.3) is 11.6 Å². The molecule has 0 aliphatic rings. The predicted octanol–water partition coefficient (Wildman–Crippen LogP) is 2.68. The molecule has 22 heavy (non-hydrogen) atoms. The number of aliphatic carboxylic acids is 1. The quantitative estimate of drug-likeness (QED) is 0.392. The second-order valence-electron chi connectivity index (χ2n) is 4.60. The monoisotopic (exact) mass is 297 g/mol. The molecule has 0 radical (unpaired) electrons. The van der Waals surface area contributed by atoms with Gasteiger partial charge < -0.3 is 15.6 Å². The average molecular weight is 297 g/mol. The first-order valence-corrected chi connectivity index (χ1v) is 6.50. The number of hydrogen-bond donors (Lipinski definition) is 2. The molecule has 3 N–H and O–H groups in total. The van der Waals surface area contributed by atoms with Crippen LogP contribution in [0.1, 0.15) is 21.5 Å². The number of anilines is 1. The molecule has 0 aromatic heterocycles. The van der Waals surface area contributed by atoms with E-state index in [1.165, 1.54) is 13.2 Å². The van der Waals surface area contributed by atoms with Crippen LogP contribution in [0.4, 0.5) is 5.69 Å². The van der Waals surface area contributed by atoms with Gasteiger partial charge in [0.15, 0.2) is 0 Å². The van der Waals surface area contributed by atoms with Gasteiger partial charge in [-0.3, -0.25) is 0 Å². The largest absolute Gasteiger partial charge is 0.478 e. The highest BCUT2D eigenvalue weighted by atomic mass is 16.5. The number of benzene rings is 2. The maximum absolute atomic E-state index is 11.4. The Balaban J connectivity index is 2.36. The van der Waals surface area contributed by atoms with Crippen molar-refractivity contribution in [2.45, 2.75) is 0 Å². The number of hydrogen-bond acceptors (Lipinski definition) is 4. The van der Waals surface area contributed by atoms with E-state index < -0.39 is 11.9 Å². The van der Waals surface area contributed by atoms with E-state index >= 15 is 0 Å². The van der Waals surface area contributed by atoms with E-state index in [4.69, 9.17) is 5.73 Å². The highest BCUT2D eigenvalue weighted by molar-refractivity contribution is 6.20. The van der Waals surface area contributed by atoms with Gasteiger partial charge >= 0.3 is 11.9 Å². The molecule has 0 fully saturated rings. The molecule has 0 saturated carbocycles. The zero-order valence-corrected chi connectivity index (χ0v) is 11.9. The first-order chi connectivity index (χ1) is 10.5. The fraction of sp³-hybridized carbons (Fsp3) is 0.0588. The predicted molar refractivity (Wildman–Crippen MR) is 84.1 cm³/mol. The third-order valence-corrected chi connectivity index (χ3v) is 3.09. The van der Waals surface area contributed by atoms with Gasteiger partial charge in [0.2, 0.25) is 0 Å². The van der Waals surface area contributed by atoms with Gasteiger partial charge in [-0.25, -0.2) is 9.59 Å². The number of rotatable bonds is 4. The van der Waals surface area contributed by atoms with Crippen LogP contribution in [0.15, 0.2) is 48.5 Å². The van der Waals surface area contributed by atoms with Crippen LogP contribution in [-0.4, -0.2) is 24.2 Å². The summed E-state index contributed by atoms with van der Waals surface area (Å²) in [6, 6.07) is 13.1. The van der Waals surface area contributed by atoms with Crippen LogP contribution in [-0.2, 0) is 9.53 Å². The lowest BCUT2D eigenvalue weighted by molar-refractivity contribution is -0.130. The summed E-state index contributed by atoms with van der Waals surface area (Å²) < 4.78 is 4.62. The molecule has 112 valence electrons. The first kappa shape index (κ1) is 15.3. The van der Waals surface area contributed by atoms with Crippen molar-refractivity contribution >= 4 is 29.3 Å². The number of carboxylic acids is 1. The molecular weight excluding hydrogens is 282 g/mol. The maximum atomic E-state index is 11.4. The molecule has 0 bridgehead atoms. The maximum Gasteiger partial charge on any atom is 0.337 e. The lowest BCUT2D eigenvalue weighted by Gasteiger charge is -2.04. The van der Waals surface area contributed by atoms with Crippen LogP contribution in [0.3, 0.4) is 0 Å².